The molecule has 0 saturated carbocycles. The van der Waals surface area contributed by atoms with E-state index in [-0.39, 0.29) is 11.4 Å². The minimum Gasteiger partial charge on any atom is -0.386 e. The molecule has 3 atom stereocenters. The topological polar surface area (TPSA) is 66.8 Å². The van der Waals surface area contributed by atoms with E-state index in [9.17, 15) is 13.5 Å². The molecular weight excluding hydrogens is 266 g/mol. The van der Waals surface area contributed by atoms with Crippen molar-refractivity contribution in [2.45, 2.75) is 30.3 Å². The van der Waals surface area contributed by atoms with Crippen molar-refractivity contribution < 1.29 is 18.3 Å². The van der Waals surface area contributed by atoms with Crippen molar-refractivity contribution in [3.8, 4) is 0 Å². The average molecular weight is 281 g/mol. The summed E-state index contributed by atoms with van der Waals surface area (Å²) >= 11 is 0. The van der Waals surface area contributed by atoms with Gasteiger partial charge in [-0.3, -0.25) is 0 Å². The van der Waals surface area contributed by atoms with Crippen molar-refractivity contribution >= 4 is 10.0 Å². The Kier molecular flexibility index (Phi) is 2.98. The number of aryl methyl sites for hydroxylation is 1. The van der Waals surface area contributed by atoms with Crippen LogP contribution in [0.15, 0.2) is 41.3 Å². The van der Waals surface area contributed by atoms with Crippen molar-refractivity contribution in [2.24, 2.45) is 0 Å². The summed E-state index contributed by atoms with van der Waals surface area (Å²) in [6.07, 6.45) is 1.34. The summed E-state index contributed by atoms with van der Waals surface area (Å²) in [5.41, 5.74) is 1.01. The van der Waals surface area contributed by atoms with Crippen LogP contribution in [0.5, 0.6) is 0 Å². The number of ether oxygens (including phenoxy) is 1. The highest BCUT2D eigenvalue weighted by Crippen LogP contribution is 2.30. The van der Waals surface area contributed by atoms with Crippen LogP contribution in [0.1, 0.15) is 5.56 Å². The predicted molar refractivity (Wildman–Crippen MR) is 68.9 cm³/mol. The summed E-state index contributed by atoms with van der Waals surface area (Å²) in [7, 11) is -3.59. The van der Waals surface area contributed by atoms with Gasteiger partial charge in [0.25, 0.3) is 0 Å². The smallest absolute Gasteiger partial charge is 0.245 e. The Balaban J connectivity index is 1.94. The number of rotatable bonds is 2. The molecule has 0 unspecified atom stereocenters. The first kappa shape index (κ1) is 12.8. The molecule has 0 amide bonds. The second-order valence-corrected chi connectivity index (χ2v) is 6.72. The highest BCUT2D eigenvalue weighted by atomic mass is 32.2. The van der Waals surface area contributed by atoms with Gasteiger partial charge < -0.3 is 9.84 Å². The van der Waals surface area contributed by atoms with Gasteiger partial charge >= 0.3 is 0 Å². The van der Waals surface area contributed by atoms with Gasteiger partial charge in [0.05, 0.1) is 11.0 Å². The number of benzene rings is 1. The largest absolute Gasteiger partial charge is 0.386 e. The highest BCUT2D eigenvalue weighted by molar-refractivity contribution is 7.89. The summed E-state index contributed by atoms with van der Waals surface area (Å²) in [4.78, 5) is 0.247. The Morgan fingerprint density at radius 3 is 2.58 bits per heavy atom. The molecule has 0 aliphatic carbocycles. The lowest BCUT2D eigenvalue weighted by atomic mass is 10.2. The van der Waals surface area contributed by atoms with E-state index in [1.165, 1.54) is 4.31 Å². The Morgan fingerprint density at radius 1 is 1.26 bits per heavy atom. The van der Waals surface area contributed by atoms with Crippen molar-refractivity contribution in [1.29, 1.82) is 0 Å². The van der Waals surface area contributed by atoms with Crippen LogP contribution in [-0.4, -0.2) is 42.8 Å². The molecule has 0 aromatic heterocycles. The van der Waals surface area contributed by atoms with E-state index < -0.39 is 28.5 Å². The van der Waals surface area contributed by atoms with Gasteiger partial charge in [-0.1, -0.05) is 23.8 Å². The molecule has 19 heavy (non-hydrogen) atoms. The van der Waals surface area contributed by atoms with Crippen molar-refractivity contribution in [2.75, 3.05) is 6.54 Å². The van der Waals surface area contributed by atoms with E-state index in [0.29, 0.717) is 0 Å². The van der Waals surface area contributed by atoms with Gasteiger partial charge in [-0.25, -0.2) is 8.42 Å². The zero-order chi connectivity index (χ0) is 13.6. The zero-order valence-corrected chi connectivity index (χ0v) is 11.2. The molecule has 5 nitrogen and oxygen atoms in total. The van der Waals surface area contributed by atoms with E-state index >= 15 is 0 Å². The van der Waals surface area contributed by atoms with Crippen LogP contribution in [0.4, 0.5) is 0 Å². The molecular formula is C13H15NO4S. The maximum Gasteiger partial charge on any atom is 0.245 e. The highest BCUT2D eigenvalue weighted by Gasteiger charge is 2.44. The predicted octanol–water partition coefficient (Wildman–Crippen LogP) is 0.641. The van der Waals surface area contributed by atoms with Gasteiger partial charge in [0.2, 0.25) is 10.0 Å². The maximum absolute atomic E-state index is 12.5. The molecule has 2 aliphatic heterocycles. The molecule has 2 bridgehead atoms. The molecule has 1 N–H and O–H groups in total. The molecule has 1 fully saturated rings. The Hall–Kier alpha value is -1.21. The zero-order valence-electron chi connectivity index (χ0n) is 10.4. The first-order chi connectivity index (χ1) is 8.98. The molecule has 0 radical (unpaired) electrons. The Bertz CT molecular complexity index is 608. The number of aliphatic hydroxyl groups excluding tert-OH is 1. The molecule has 1 saturated heterocycles. The number of hydrogen-bond acceptors (Lipinski definition) is 4. The molecule has 6 heteroatoms. The molecule has 2 aliphatic rings. The molecule has 102 valence electrons. The summed E-state index contributed by atoms with van der Waals surface area (Å²) < 4.78 is 31.8. The molecule has 1 aromatic carbocycles. The second-order valence-electron chi connectivity index (χ2n) is 4.83. The van der Waals surface area contributed by atoms with E-state index in [4.69, 9.17) is 4.74 Å². The molecule has 1 aromatic rings. The SMILES string of the molecule is Cc1ccc(S(=O)(=O)N2C[C@H]3O[C@@H]2C=C[C@H]3O)cc1. The van der Waals surface area contributed by atoms with Gasteiger partial charge in [0, 0.05) is 6.54 Å². The third kappa shape index (κ3) is 2.10. The van der Waals surface area contributed by atoms with Crippen LogP contribution in [0.2, 0.25) is 0 Å². The van der Waals surface area contributed by atoms with Gasteiger partial charge in [-0.05, 0) is 25.1 Å². The molecule has 3 rings (SSSR count). The van der Waals surface area contributed by atoms with Gasteiger partial charge in [-0.15, -0.1) is 0 Å². The average Bonchev–Trinajstić information content (AvgIpc) is 2.75. The lowest BCUT2D eigenvalue weighted by Gasteiger charge is -2.21. The van der Waals surface area contributed by atoms with Crippen molar-refractivity contribution in [3.05, 3.63) is 42.0 Å². The Morgan fingerprint density at radius 2 is 1.95 bits per heavy atom. The summed E-state index contributed by atoms with van der Waals surface area (Å²) in [5, 5.41) is 9.65. The summed E-state index contributed by atoms with van der Waals surface area (Å²) in [5.74, 6) is 0. The fraction of sp³-hybridized carbons (Fsp3) is 0.385. The van der Waals surface area contributed by atoms with Crippen LogP contribution >= 0.6 is 0 Å². The standard InChI is InChI=1S/C13H15NO4S/c1-9-2-4-10(5-3-9)19(16,17)14-8-12-11(15)6-7-13(14)18-12/h2-7,11-13,15H,8H2,1H3/t11-,12-,13-/m1/s1. The van der Waals surface area contributed by atoms with Gasteiger partial charge in [0.1, 0.15) is 12.3 Å². The van der Waals surface area contributed by atoms with Gasteiger partial charge in [-0.2, -0.15) is 4.31 Å². The number of fused-ring (bicyclic) bond motifs is 2. The summed E-state index contributed by atoms with van der Waals surface area (Å²) in [6.45, 7) is 2.08. The molecule has 0 spiro atoms. The van der Waals surface area contributed by atoms with Crippen LogP contribution in [0.3, 0.4) is 0 Å². The maximum atomic E-state index is 12.5. The van der Waals surface area contributed by atoms with E-state index in [0.717, 1.165) is 5.56 Å². The minimum atomic E-state index is -3.59. The second kappa shape index (κ2) is 4.42. The van der Waals surface area contributed by atoms with E-state index in [1.807, 2.05) is 6.92 Å². The Labute approximate surface area is 112 Å². The monoisotopic (exact) mass is 281 g/mol. The lowest BCUT2D eigenvalue weighted by molar-refractivity contribution is -0.0164. The van der Waals surface area contributed by atoms with Crippen LogP contribution in [0.25, 0.3) is 0 Å². The number of hydrogen-bond donors (Lipinski definition) is 1. The lowest BCUT2D eigenvalue weighted by Crippen LogP contribution is -2.34. The fourth-order valence-corrected chi connectivity index (χ4v) is 3.80. The van der Waals surface area contributed by atoms with E-state index in [2.05, 4.69) is 0 Å². The van der Waals surface area contributed by atoms with Crippen molar-refractivity contribution in [1.82, 2.24) is 4.31 Å². The quantitative estimate of drug-likeness (QED) is 0.808. The third-order valence-corrected chi connectivity index (χ3v) is 5.28. The number of sulfonamides is 1. The minimum absolute atomic E-state index is 0.176. The molecule has 2 heterocycles. The van der Waals surface area contributed by atoms with Crippen LogP contribution in [-0.2, 0) is 14.8 Å². The fourth-order valence-electron chi connectivity index (χ4n) is 2.31. The third-order valence-electron chi connectivity index (χ3n) is 3.44. The first-order valence-corrected chi connectivity index (χ1v) is 7.53. The van der Waals surface area contributed by atoms with Gasteiger partial charge in [0.15, 0.2) is 0 Å². The number of nitrogens with zero attached hydrogens (tertiary/aromatic N) is 1. The van der Waals surface area contributed by atoms with E-state index in [1.54, 1.807) is 36.4 Å². The van der Waals surface area contributed by atoms with Crippen molar-refractivity contribution in [3.63, 3.8) is 0 Å². The first-order valence-electron chi connectivity index (χ1n) is 6.09. The summed E-state index contributed by atoms with van der Waals surface area (Å²) in [6, 6.07) is 6.71. The van der Waals surface area contributed by atoms with Crippen LogP contribution < -0.4 is 0 Å². The number of aliphatic hydroxyl groups is 1. The van der Waals surface area contributed by atoms with Crippen LogP contribution in [0, 0.1) is 6.92 Å². The normalized spacial score (nSPS) is 30.7.